The largest absolute Gasteiger partial charge is 0.416 e. The number of anilines is 2. The van der Waals surface area contributed by atoms with Crippen molar-refractivity contribution < 1.29 is 26.4 Å². The molecule has 1 saturated heterocycles. The van der Waals surface area contributed by atoms with Crippen molar-refractivity contribution in [2.24, 2.45) is 4.99 Å². The Bertz CT molecular complexity index is 1640. The number of amides is 1. The molecule has 0 unspecified atom stereocenters. The highest BCUT2D eigenvalue weighted by Gasteiger charge is 2.31. The lowest BCUT2D eigenvalue weighted by atomic mass is 9.86. The lowest BCUT2D eigenvalue weighted by Gasteiger charge is -2.36. The Kier molecular flexibility index (Phi) is 11.3. The molecule has 1 amide bonds. The summed E-state index contributed by atoms with van der Waals surface area (Å²) in [6.07, 6.45) is 7.64. The van der Waals surface area contributed by atoms with Crippen LogP contribution in [0.15, 0.2) is 76.6 Å². The number of nitrogens with zero attached hydrogens (tertiary/aromatic N) is 3. The Labute approximate surface area is 275 Å². The van der Waals surface area contributed by atoms with Crippen LogP contribution in [0, 0.1) is 0 Å². The van der Waals surface area contributed by atoms with E-state index in [2.05, 4.69) is 9.71 Å². The van der Waals surface area contributed by atoms with Gasteiger partial charge in [0, 0.05) is 49.3 Å². The van der Waals surface area contributed by atoms with E-state index < -0.39 is 21.8 Å². The first-order chi connectivity index (χ1) is 22.6. The van der Waals surface area contributed by atoms with E-state index in [1.165, 1.54) is 38.2 Å². The highest BCUT2D eigenvalue weighted by Crippen LogP contribution is 2.39. The number of para-hydroxylation sites is 1. The highest BCUT2D eigenvalue weighted by molar-refractivity contribution is 7.92. The number of piperazine rings is 1. The lowest BCUT2D eigenvalue weighted by molar-refractivity contribution is -0.137. The molecule has 1 aliphatic heterocycles. The fourth-order valence-electron chi connectivity index (χ4n) is 6.59. The van der Waals surface area contributed by atoms with Gasteiger partial charge in [-0.15, -0.1) is 0 Å². The second kappa shape index (κ2) is 15.4. The molecule has 0 spiro atoms. The zero-order valence-electron chi connectivity index (χ0n) is 26.8. The van der Waals surface area contributed by atoms with E-state index in [1.807, 2.05) is 11.0 Å². The fraction of sp³-hybridized carbons (Fsp3) is 0.444. The molecule has 3 aromatic rings. The number of hydrogen-bond donors (Lipinski definition) is 1. The molecule has 2 fully saturated rings. The Balaban J connectivity index is 1.25. The van der Waals surface area contributed by atoms with Gasteiger partial charge in [-0.05, 0) is 79.8 Å². The molecule has 0 bridgehead atoms. The molecule has 3 aromatic carbocycles. The number of carbonyl (C=O) groups excluding carboxylic acids is 1. The molecular formula is C36H43F3N4O3S. The Morgan fingerprint density at radius 3 is 2.09 bits per heavy atom. The van der Waals surface area contributed by atoms with Gasteiger partial charge in [-0.2, -0.15) is 13.2 Å². The zero-order chi connectivity index (χ0) is 33.4. The third kappa shape index (κ3) is 8.74. The number of hydrogen-bond acceptors (Lipinski definition) is 5. The minimum atomic E-state index is -4.42. The number of sulfonamides is 1. The van der Waals surface area contributed by atoms with Crippen molar-refractivity contribution in [3.63, 3.8) is 0 Å². The smallest absolute Gasteiger partial charge is 0.368 e. The Morgan fingerprint density at radius 2 is 1.47 bits per heavy atom. The van der Waals surface area contributed by atoms with Gasteiger partial charge in [0.15, 0.2) is 0 Å². The number of rotatable bonds is 7. The summed E-state index contributed by atoms with van der Waals surface area (Å²) in [6, 6.07) is 16.9. The summed E-state index contributed by atoms with van der Waals surface area (Å²) in [5, 5.41) is 0. The molecule has 0 aromatic heterocycles. The molecule has 1 N–H and O–H groups in total. The van der Waals surface area contributed by atoms with Crippen LogP contribution in [0.1, 0.15) is 92.1 Å². The molecule has 47 heavy (non-hydrogen) atoms. The number of benzene rings is 3. The fourth-order valence-corrected chi connectivity index (χ4v) is 7.83. The van der Waals surface area contributed by atoms with Crippen molar-refractivity contribution >= 4 is 39.2 Å². The summed E-state index contributed by atoms with van der Waals surface area (Å²) in [7, 11) is -3.99. The van der Waals surface area contributed by atoms with Crippen LogP contribution in [-0.4, -0.2) is 51.6 Å². The van der Waals surface area contributed by atoms with Crippen LogP contribution < -0.4 is 9.62 Å². The normalized spacial score (nSPS) is 17.5. The summed E-state index contributed by atoms with van der Waals surface area (Å²) in [5.41, 5.74) is 1.95. The number of aliphatic imine (C=N–C) groups is 1. The summed E-state index contributed by atoms with van der Waals surface area (Å²) < 4.78 is 69.6. The molecule has 1 aliphatic carbocycles. The van der Waals surface area contributed by atoms with Gasteiger partial charge in [0.2, 0.25) is 0 Å². The molecule has 252 valence electrons. The van der Waals surface area contributed by atoms with E-state index in [1.54, 1.807) is 60.5 Å². The predicted octanol–water partition coefficient (Wildman–Crippen LogP) is 8.80. The standard InChI is InChI=1S/C36H43F3N4O3S/c1-2-40-34-32(27-12-8-6-4-3-5-7-9-13-27)16-11-17-33(34)47(45,46)41-30-20-18-28(19-21-30)35(44)43-24-22-42(23-25-43)31-15-10-14-29(26-31)36(37,38)39/h2,10-11,14-21,26-27,41H,3-9,12-13,22-25H2,1H3/b40-2-. The molecule has 11 heteroatoms. The van der Waals surface area contributed by atoms with Gasteiger partial charge < -0.3 is 9.80 Å². The van der Waals surface area contributed by atoms with E-state index in [9.17, 15) is 26.4 Å². The number of halogens is 3. The van der Waals surface area contributed by atoms with Crippen LogP contribution in [0.5, 0.6) is 0 Å². The zero-order valence-corrected chi connectivity index (χ0v) is 27.6. The molecule has 0 atom stereocenters. The van der Waals surface area contributed by atoms with Crippen LogP contribution >= 0.6 is 0 Å². The topological polar surface area (TPSA) is 82.1 Å². The first-order valence-electron chi connectivity index (χ1n) is 16.5. The van der Waals surface area contributed by atoms with Crippen LogP contribution in [0.2, 0.25) is 0 Å². The molecule has 5 rings (SSSR count). The Morgan fingerprint density at radius 1 is 0.851 bits per heavy atom. The average Bonchev–Trinajstić information content (AvgIpc) is 3.07. The van der Waals surface area contributed by atoms with Gasteiger partial charge in [0.05, 0.1) is 11.3 Å². The maximum absolute atomic E-state index is 13.7. The van der Waals surface area contributed by atoms with Crippen molar-refractivity contribution in [1.82, 2.24) is 4.90 Å². The van der Waals surface area contributed by atoms with Gasteiger partial charge in [-0.25, -0.2) is 8.42 Å². The summed E-state index contributed by atoms with van der Waals surface area (Å²) in [4.78, 5) is 21.4. The number of carbonyl (C=O) groups is 1. The van der Waals surface area contributed by atoms with Crippen molar-refractivity contribution in [3.8, 4) is 0 Å². The van der Waals surface area contributed by atoms with Gasteiger partial charge in [0.1, 0.15) is 4.90 Å². The SMILES string of the molecule is C/C=N\c1c(C2CCCCCCCCC2)cccc1S(=O)(=O)Nc1ccc(C(=O)N2CCN(c3cccc(C(F)(F)F)c3)CC2)cc1. The van der Waals surface area contributed by atoms with Crippen LogP contribution in [0.25, 0.3) is 0 Å². The van der Waals surface area contributed by atoms with E-state index in [0.29, 0.717) is 48.8 Å². The second-order valence-corrected chi connectivity index (χ2v) is 14.0. The summed E-state index contributed by atoms with van der Waals surface area (Å²) in [5.74, 6) is 0.0280. The maximum atomic E-state index is 13.7. The van der Waals surface area contributed by atoms with Crippen molar-refractivity contribution in [2.75, 3.05) is 35.8 Å². The average molecular weight is 669 g/mol. The highest BCUT2D eigenvalue weighted by atomic mass is 32.2. The molecule has 2 aliphatic rings. The monoisotopic (exact) mass is 668 g/mol. The molecule has 1 saturated carbocycles. The molecule has 1 heterocycles. The van der Waals surface area contributed by atoms with Crippen molar-refractivity contribution in [2.45, 2.75) is 81.7 Å². The van der Waals surface area contributed by atoms with E-state index >= 15 is 0 Å². The van der Waals surface area contributed by atoms with Gasteiger partial charge >= 0.3 is 6.18 Å². The third-order valence-corrected chi connectivity index (χ3v) is 10.5. The van der Waals surface area contributed by atoms with Gasteiger partial charge in [0.25, 0.3) is 15.9 Å². The van der Waals surface area contributed by atoms with E-state index in [-0.39, 0.29) is 16.7 Å². The lowest BCUT2D eigenvalue weighted by Crippen LogP contribution is -2.48. The van der Waals surface area contributed by atoms with Crippen LogP contribution in [-0.2, 0) is 16.2 Å². The minimum absolute atomic E-state index is 0.129. The van der Waals surface area contributed by atoms with Crippen molar-refractivity contribution in [3.05, 3.63) is 83.4 Å². The quantitative estimate of drug-likeness (QED) is 0.255. The van der Waals surface area contributed by atoms with Gasteiger partial charge in [-0.1, -0.05) is 63.1 Å². The molecule has 0 radical (unpaired) electrons. The first-order valence-corrected chi connectivity index (χ1v) is 18.0. The van der Waals surface area contributed by atoms with Gasteiger partial charge in [-0.3, -0.25) is 14.5 Å². The third-order valence-electron chi connectivity index (χ3n) is 9.11. The summed E-state index contributed by atoms with van der Waals surface area (Å²) >= 11 is 0. The van der Waals surface area contributed by atoms with Crippen LogP contribution in [0.4, 0.5) is 30.2 Å². The van der Waals surface area contributed by atoms with Crippen molar-refractivity contribution in [1.29, 1.82) is 0 Å². The second-order valence-electron chi connectivity index (χ2n) is 12.3. The van der Waals surface area contributed by atoms with E-state index in [4.69, 9.17) is 0 Å². The maximum Gasteiger partial charge on any atom is 0.416 e. The van der Waals surface area contributed by atoms with E-state index in [0.717, 1.165) is 43.4 Å². The minimum Gasteiger partial charge on any atom is -0.368 e. The first kappa shape index (κ1) is 34.5. The Hall–Kier alpha value is -3.86. The summed E-state index contributed by atoms with van der Waals surface area (Å²) in [6.45, 7) is 3.28. The predicted molar refractivity (Wildman–Crippen MR) is 181 cm³/mol. The van der Waals surface area contributed by atoms with Crippen LogP contribution in [0.3, 0.4) is 0 Å². The molecule has 7 nitrogen and oxygen atoms in total. The molecular weight excluding hydrogens is 625 g/mol. The number of alkyl halides is 3. The number of nitrogens with one attached hydrogen (secondary N) is 1.